The van der Waals surface area contributed by atoms with Crippen molar-refractivity contribution >= 4 is 17.1 Å². The number of hydrogen-bond acceptors (Lipinski definition) is 5. The van der Waals surface area contributed by atoms with Gasteiger partial charge in [-0.25, -0.2) is 0 Å². The number of aromatic nitrogens is 1. The Hall–Kier alpha value is -3.12. The van der Waals surface area contributed by atoms with E-state index >= 15 is 0 Å². The molecule has 7 nitrogen and oxygen atoms in total. The average Bonchev–Trinajstić information content (AvgIpc) is 2.90. The number of amides is 1. The predicted molar refractivity (Wildman–Crippen MR) is 142 cm³/mol. The number of ether oxygens (including phenoxy) is 2. The Bertz CT molecular complexity index is 1330. The SMILES string of the molecule is CCCOCCOCCNC(=O)c1cc([S+]([O-])c2ccc(C)cc2)c(C)n(-c2cccc(C(F)(F)F)c2)c1=O. The minimum atomic E-state index is -4.64. The molecule has 1 atom stereocenters. The largest absolute Gasteiger partial charge is 0.606 e. The number of nitrogens with zero attached hydrogens (tertiary/aromatic N) is 1. The first-order valence-corrected chi connectivity index (χ1v) is 13.6. The molecule has 210 valence electrons. The summed E-state index contributed by atoms with van der Waals surface area (Å²) in [5, 5.41) is 2.59. The highest BCUT2D eigenvalue weighted by molar-refractivity contribution is 7.91. The fraction of sp³-hybridized carbons (Fsp3) is 0.357. The second-order valence-electron chi connectivity index (χ2n) is 8.76. The van der Waals surface area contributed by atoms with Crippen molar-refractivity contribution in [1.82, 2.24) is 9.88 Å². The number of nitrogens with one attached hydrogen (secondary N) is 1. The van der Waals surface area contributed by atoms with E-state index in [9.17, 15) is 27.3 Å². The Labute approximate surface area is 228 Å². The van der Waals surface area contributed by atoms with E-state index in [1.807, 2.05) is 13.8 Å². The molecule has 1 N–H and O–H groups in total. The monoisotopic (exact) mass is 564 g/mol. The summed E-state index contributed by atoms with van der Waals surface area (Å²) in [4.78, 5) is 27.0. The summed E-state index contributed by atoms with van der Waals surface area (Å²) >= 11 is -1.82. The van der Waals surface area contributed by atoms with Crippen molar-refractivity contribution in [3.8, 4) is 5.69 Å². The Morgan fingerprint density at radius 3 is 2.31 bits per heavy atom. The van der Waals surface area contributed by atoms with Crippen molar-refractivity contribution in [3.05, 3.63) is 87.3 Å². The highest BCUT2D eigenvalue weighted by Gasteiger charge is 2.32. The van der Waals surface area contributed by atoms with Gasteiger partial charge < -0.3 is 19.3 Å². The Kier molecular flexibility index (Phi) is 10.8. The lowest BCUT2D eigenvalue weighted by Gasteiger charge is -2.19. The summed E-state index contributed by atoms with van der Waals surface area (Å²) in [5.41, 5.74) is -1.13. The van der Waals surface area contributed by atoms with E-state index in [0.717, 1.165) is 28.7 Å². The van der Waals surface area contributed by atoms with Crippen LogP contribution in [0.15, 0.2) is 69.2 Å². The van der Waals surface area contributed by atoms with E-state index < -0.39 is 34.4 Å². The lowest BCUT2D eigenvalue weighted by Crippen LogP contribution is -2.36. The van der Waals surface area contributed by atoms with Crippen LogP contribution in [0.5, 0.6) is 0 Å². The molecule has 0 radical (unpaired) electrons. The van der Waals surface area contributed by atoms with Crippen LogP contribution in [-0.4, -0.2) is 48.0 Å². The van der Waals surface area contributed by atoms with Crippen molar-refractivity contribution in [3.63, 3.8) is 0 Å². The molecule has 0 bridgehead atoms. The number of carbonyl (C=O) groups is 1. The Balaban J connectivity index is 1.97. The van der Waals surface area contributed by atoms with Crippen molar-refractivity contribution in [2.24, 2.45) is 0 Å². The van der Waals surface area contributed by atoms with Crippen LogP contribution in [0.3, 0.4) is 0 Å². The second kappa shape index (κ2) is 13.8. The third-order valence-corrected chi connectivity index (χ3v) is 7.28. The van der Waals surface area contributed by atoms with E-state index in [-0.39, 0.29) is 35.0 Å². The van der Waals surface area contributed by atoms with Crippen molar-refractivity contribution in [1.29, 1.82) is 0 Å². The standard InChI is InChI=1S/C28H31F3N2O5S/c1-4-13-37-15-16-38-14-12-32-26(34)24-18-25(39(36)23-10-8-19(2)9-11-23)20(3)33(27(24)35)22-7-5-6-21(17-22)28(29,30)31/h5-11,17-18H,4,12-16H2,1-3H3,(H,32,34). The maximum absolute atomic E-state index is 13.5. The van der Waals surface area contributed by atoms with Gasteiger partial charge in [0, 0.05) is 36.1 Å². The average molecular weight is 565 g/mol. The molecule has 11 heteroatoms. The summed E-state index contributed by atoms with van der Waals surface area (Å²) in [5.74, 6) is -0.756. The lowest BCUT2D eigenvalue weighted by molar-refractivity contribution is -0.137. The third kappa shape index (κ3) is 7.95. The molecule has 0 saturated carbocycles. The molecule has 39 heavy (non-hydrogen) atoms. The van der Waals surface area contributed by atoms with Gasteiger partial charge in [0.25, 0.3) is 11.5 Å². The number of alkyl halides is 3. The minimum Gasteiger partial charge on any atom is -0.606 e. The number of halogens is 3. The van der Waals surface area contributed by atoms with Gasteiger partial charge in [-0.2, -0.15) is 13.2 Å². The maximum Gasteiger partial charge on any atom is 0.416 e. The van der Waals surface area contributed by atoms with E-state index in [4.69, 9.17) is 9.47 Å². The number of hydrogen-bond donors (Lipinski definition) is 1. The minimum absolute atomic E-state index is 0.0832. The summed E-state index contributed by atoms with van der Waals surface area (Å²) in [7, 11) is 0. The molecular weight excluding hydrogens is 533 g/mol. The molecule has 0 aliphatic rings. The van der Waals surface area contributed by atoms with Crippen LogP contribution in [0.1, 0.15) is 40.5 Å². The van der Waals surface area contributed by atoms with Gasteiger partial charge in [0.2, 0.25) is 0 Å². The van der Waals surface area contributed by atoms with Crippen LogP contribution >= 0.6 is 0 Å². The summed E-state index contributed by atoms with van der Waals surface area (Å²) in [6.45, 7) is 6.96. The Morgan fingerprint density at radius 1 is 1.00 bits per heavy atom. The van der Waals surface area contributed by atoms with Crippen LogP contribution < -0.4 is 10.9 Å². The summed E-state index contributed by atoms with van der Waals surface area (Å²) in [6.07, 6.45) is -3.75. The van der Waals surface area contributed by atoms with E-state index in [2.05, 4.69) is 5.32 Å². The topological polar surface area (TPSA) is 92.6 Å². The van der Waals surface area contributed by atoms with E-state index in [1.165, 1.54) is 25.1 Å². The summed E-state index contributed by atoms with van der Waals surface area (Å²) in [6, 6.07) is 12.3. The molecule has 0 saturated heterocycles. The fourth-order valence-corrected chi connectivity index (χ4v) is 4.97. The van der Waals surface area contributed by atoms with Crippen molar-refractivity contribution in [2.75, 3.05) is 33.0 Å². The van der Waals surface area contributed by atoms with Crippen LogP contribution in [0.2, 0.25) is 0 Å². The van der Waals surface area contributed by atoms with Gasteiger partial charge in [-0.15, -0.1) is 0 Å². The highest BCUT2D eigenvalue weighted by atomic mass is 32.2. The van der Waals surface area contributed by atoms with Gasteiger partial charge in [0.15, 0.2) is 9.79 Å². The molecule has 3 aromatic rings. The van der Waals surface area contributed by atoms with Crippen LogP contribution in [0.4, 0.5) is 13.2 Å². The highest BCUT2D eigenvalue weighted by Crippen LogP contribution is 2.31. The van der Waals surface area contributed by atoms with Gasteiger partial charge >= 0.3 is 6.18 Å². The zero-order valence-corrected chi connectivity index (χ0v) is 22.8. The number of pyridine rings is 1. The van der Waals surface area contributed by atoms with Gasteiger partial charge in [-0.3, -0.25) is 14.2 Å². The lowest BCUT2D eigenvalue weighted by atomic mass is 10.1. The third-order valence-electron chi connectivity index (χ3n) is 5.76. The molecule has 3 rings (SSSR count). The first-order chi connectivity index (χ1) is 18.5. The fourth-order valence-electron chi connectivity index (χ4n) is 3.75. The van der Waals surface area contributed by atoms with Crippen LogP contribution in [0.25, 0.3) is 5.69 Å². The number of benzene rings is 2. The van der Waals surface area contributed by atoms with Gasteiger partial charge in [-0.05, 0) is 50.6 Å². The predicted octanol–water partition coefficient (Wildman–Crippen LogP) is 4.81. The summed E-state index contributed by atoms with van der Waals surface area (Å²) < 4.78 is 65.5. The van der Waals surface area contributed by atoms with Crippen LogP contribution in [-0.2, 0) is 26.8 Å². The molecule has 0 aliphatic carbocycles. The molecule has 1 aromatic heterocycles. The quantitative estimate of drug-likeness (QED) is 0.252. The first-order valence-electron chi connectivity index (χ1n) is 12.4. The molecule has 0 aliphatic heterocycles. The Morgan fingerprint density at radius 2 is 1.67 bits per heavy atom. The second-order valence-corrected chi connectivity index (χ2v) is 10.2. The maximum atomic E-state index is 13.5. The normalized spacial score (nSPS) is 12.4. The first kappa shape index (κ1) is 30.4. The molecule has 2 aromatic carbocycles. The van der Waals surface area contributed by atoms with Gasteiger partial charge in [0.05, 0.1) is 31.1 Å². The van der Waals surface area contributed by atoms with Crippen molar-refractivity contribution < 1.29 is 32.0 Å². The molecule has 1 heterocycles. The molecule has 0 fully saturated rings. The number of aryl methyl sites for hydroxylation is 1. The zero-order chi connectivity index (χ0) is 28.6. The van der Waals surface area contributed by atoms with Crippen molar-refractivity contribution in [2.45, 2.75) is 43.2 Å². The zero-order valence-electron chi connectivity index (χ0n) is 22.0. The smallest absolute Gasteiger partial charge is 0.416 e. The molecule has 0 spiro atoms. The van der Waals surface area contributed by atoms with Gasteiger partial charge in [-0.1, -0.05) is 30.7 Å². The molecule has 1 amide bonds. The van der Waals surface area contributed by atoms with E-state index in [0.29, 0.717) is 24.7 Å². The van der Waals surface area contributed by atoms with Gasteiger partial charge in [0.1, 0.15) is 5.56 Å². The molecular formula is C28H31F3N2O5S. The number of rotatable bonds is 12. The van der Waals surface area contributed by atoms with Crippen LogP contribution in [0, 0.1) is 13.8 Å². The van der Waals surface area contributed by atoms with E-state index in [1.54, 1.807) is 24.3 Å². The molecule has 1 unspecified atom stereocenters. The number of carbonyl (C=O) groups excluding carboxylic acids is 1.